The molecule has 0 aliphatic heterocycles. The first-order valence-electron chi connectivity index (χ1n) is 10.0. The Morgan fingerprint density at radius 3 is 2.32 bits per heavy atom. The molecule has 0 saturated carbocycles. The third kappa shape index (κ3) is 4.33. The van der Waals surface area contributed by atoms with Crippen LogP contribution in [0, 0.1) is 5.82 Å². The highest BCUT2D eigenvalue weighted by Crippen LogP contribution is 2.24. The smallest absolute Gasteiger partial charge is 0.280 e. The van der Waals surface area contributed by atoms with Gasteiger partial charge in [0, 0.05) is 5.56 Å². The molecule has 6 heteroatoms. The summed E-state index contributed by atoms with van der Waals surface area (Å²) in [6, 6.07) is 22.7. The topological polar surface area (TPSA) is 59.4 Å². The van der Waals surface area contributed by atoms with Crippen molar-refractivity contribution < 1.29 is 9.13 Å². The molecule has 1 N–H and O–H groups in total. The van der Waals surface area contributed by atoms with Crippen LogP contribution in [0.2, 0.25) is 0 Å². The van der Waals surface area contributed by atoms with Crippen molar-refractivity contribution >= 4 is 11.4 Å². The number of ether oxygens (including phenoxy) is 1. The predicted molar refractivity (Wildman–Crippen MR) is 121 cm³/mol. The van der Waals surface area contributed by atoms with Crippen LogP contribution in [0.5, 0.6) is 5.75 Å². The minimum Gasteiger partial charge on any atom is -0.494 e. The van der Waals surface area contributed by atoms with E-state index in [2.05, 4.69) is 10.1 Å². The van der Waals surface area contributed by atoms with Gasteiger partial charge in [-0.1, -0.05) is 30.3 Å². The van der Waals surface area contributed by atoms with Gasteiger partial charge in [0.2, 0.25) is 0 Å². The van der Waals surface area contributed by atoms with E-state index in [-0.39, 0.29) is 11.4 Å². The van der Waals surface area contributed by atoms with Gasteiger partial charge in [-0.2, -0.15) is 0 Å². The fourth-order valence-electron chi connectivity index (χ4n) is 3.39. The van der Waals surface area contributed by atoms with Gasteiger partial charge in [0.05, 0.1) is 35.0 Å². The fraction of sp³-hybridized carbons (Fsp3) is 0.120. The second-order valence-electron chi connectivity index (χ2n) is 6.97. The normalized spacial score (nSPS) is 11.5. The van der Waals surface area contributed by atoms with Crippen molar-refractivity contribution in [2.75, 3.05) is 6.61 Å². The van der Waals surface area contributed by atoms with Crippen molar-refractivity contribution in [2.45, 2.75) is 13.8 Å². The van der Waals surface area contributed by atoms with Gasteiger partial charge in [-0.05, 0) is 62.4 Å². The number of nitrogens with one attached hydrogen (secondary N) is 1. The van der Waals surface area contributed by atoms with Crippen molar-refractivity contribution in [3.05, 3.63) is 101 Å². The molecule has 31 heavy (non-hydrogen) atoms. The first kappa shape index (κ1) is 20.3. The molecule has 0 amide bonds. The number of aliphatic imine (C=N–C) groups is 1. The van der Waals surface area contributed by atoms with E-state index in [1.54, 1.807) is 12.1 Å². The molecule has 156 valence electrons. The van der Waals surface area contributed by atoms with Crippen molar-refractivity contribution in [1.29, 1.82) is 0 Å². The van der Waals surface area contributed by atoms with Crippen LogP contribution in [0.1, 0.15) is 19.4 Å². The average Bonchev–Trinajstić information content (AvgIpc) is 3.14. The number of nitrogens with zero attached hydrogens (tertiary/aromatic N) is 2. The molecule has 1 aromatic heterocycles. The third-order valence-electron chi connectivity index (χ3n) is 4.84. The number of hydrogen-bond donors (Lipinski definition) is 1. The highest BCUT2D eigenvalue weighted by Gasteiger charge is 2.19. The Morgan fingerprint density at radius 1 is 1.00 bits per heavy atom. The molecular formula is C25H22FN3O2. The van der Waals surface area contributed by atoms with Crippen LogP contribution in [-0.2, 0) is 0 Å². The zero-order chi connectivity index (χ0) is 21.8. The number of H-pyrrole nitrogens is 1. The summed E-state index contributed by atoms with van der Waals surface area (Å²) in [5.41, 5.74) is 3.56. The number of rotatable bonds is 6. The quantitative estimate of drug-likeness (QED) is 0.422. The van der Waals surface area contributed by atoms with Crippen molar-refractivity contribution in [3.63, 3.8) is 0 Å². The second-order valence-corrected chi connectivity index (χ2v) is 6.97. The van der Waals surface area contributed by atoms with Crippen LogP contribution in [0.3, 0.4) is 0 Å². The van der Waals surface area contributed by atoms with Gasteiger partial charge in [-0.15, -0.1) is 0 Å². The van der Waals surface area contributed by atoms with Crippen LogP contribution < -0.4 is 10.3 Å². The standard InChI is InChI=1S/C25H22FN3O2/c1-3-31-22-15-11-20(12-16-22)27-17(2)23-24(18-7-5-4-6-8-18)28-29(25(23)30)21-13-9-19(26)10-14-21/h4-16,28H,3H2,1-2H3. The van der Waals surface area contributed by atoms with E-state index in [1.807, 2.05) is 68.4 Å². The molecular weight excluding hydrogens is 393 g/mol. The summed E-state index contributed by atoms with van der Waals surface area (Å²) in [5.74, 6) is 0.407. The second kappa shape index (κ2) is 8.83. The highest BCUT2D eigenvalue weighted by molar-refractivity contribution is 6.04. The maximum atomic E-state index is 13.4. The molecule has 0 bridgehead atoms. The largest absolute Gasteiger partial charge is 0.494 e. The first-order chi connectivity index (χ1) is 15.1. The van der Waals surface area contributed by atoms with E-state index >= 15 is 0 Å². The minimum absolute atomic E-state index is 0.252. The molecule has 4 rings (SSSR count). The molecule has 0 aliphatic rings. The summed E-state index contributed by atoms with van der Waals surface area (Å²) in [4.78, 5) is 18.0. The number of hydrogen-bond acceptors (Lipinski definition) is 3. The Bertz CT molecular complexity index is 1260. The van der Waals surface area contributed by atoms with Crippen LogP contribution >= 0.6 is 0 Å². The molecule has 0 unspecified atom stereocenters. The zero-order valence-corrected chi connectivity index (χ0v) is 17.3. The summed E-state index contributed by atoms with van der Waals surface area (Å²) in [7, 11) is 0. The van der Waals surface area contributed by atoms with Crippen LogP contribution in [0.25, 0.3) is 16.9 Å². The van der Waals surface area contributed by atoms with Gasteiger partial charge in [-0.3, -0.25) is 14.9 Å². The van der Waals surface area contributed by atoms with Gasteiger partial charge < -0.3 is 4.74 Å². The lowest BCUT2D eigenvalue weighted by atomic mass is 10.1. The lowest BCUT2D eigenvalue weighted by Gasteiger charge is -2.04. The van der Waals surface area contributed by atoms with Gasteiger partial charge in [0.15, 0.2) is 0 Å². The molecule has 0 aliphatic carbocycles. The van der Waals surface area contributed by atoms with Crippen LogP contribution in [-0.4, -0.2) is 22.1 Å². The van der Waals surface area contributed by atoms with E-state index in [0.717, 1.165) is 11.3 Å². The Balaban J connectivity index is 1.83. The van der Waals surface area contributed by atoms with Crippen molar-refractivity contribution in [1.82, 2.24) is 9.78 Å². The van der Waals surface area contributed by atoms with E-state index < -0.39 is 0 Å². The highest BCUT2D eigenvalue weighted by atomic mass is 19.1. The molecule has 0 fully saturated rings. The van der Waals surface area contributed by atoms with Crippen molar-refractivity contribution in [2.24, 2.45) is 4.99 Å². The first-order valence-corrected chi connectivity index (χ1v) is 10.0. The summed E-state index contributed by atoms with van der Waals surface area (Å²) in [6.45, 7) is 4.33. The van der Waals surface area contributed by atoms with Crippen LogP contribution in [0.4, 0.5) is 10.1 Å². The van der Waals surface area contributed by atoms with Gasteiger partial charge in [-0.25, -0.2) is 9.07 Å². The Morgan fingerprint density at radius 2 is 1.68 bits per heavy atom. The zero-order valence-electron chi connectivity index (χ0n) is 17.3. The van der Waals surface area contributed by atoms with Gasteiger partial charge >= 0.3 is 0 Å². The Hall–Kier alpha value is -3.93. The van der Waals surface area contributed by atoms with E-state index in [0.29, 0.717) is 35.0 Å². The van der Waals surface area contributed by atoms with Crippen molar-refractivity contribution in [3.8, 4) is 22.7 Å². The summed E-state index contributed by atoms with van der Waals surface area (Å²) in [6.07, 6.45) is 0. The fourth-order valence-corrected chi connectivity index (χ4v) is 3.39. The molecule has 1 heterocycles. The summed E-state index contributed by atoms with van der Waals surface area (Å²) < 4.78 is 20.3. The number of halogens is 1. The number of aromatic nitrogens is 2. The molecule has 5 nitrogen and oxygen atoms in total. The molecule has 0 spiro atoms. The predicted octanol–water partition coefficient (Wildman–Crippen LogP) is 5.51. The molecule has 4 aromatic rings. The maximum absolute atomic E-state index is 13.4. The summed E-state index contributed by atoms with van der Waals surface area (Å²) in [5, 5.41) is 3.18. The number of aromatic amines is 1. The van der Waals surface area contributed by atoms with E-state index in [1.165, 1.54) is 16.8 Å². The molecule has 0 saturated heterocycles. The SMILES string of the molecule is CCOc1ccc(N=C(C)c2c(-c3ccccc3)[nH]n(-c3ccc(F)cc3)c2=O)cc1. The molecule has 0 radical (unpaired) electrons. The lowest BCUT2D eigenvalue weighted by molar-refractivity contribution is 0.340. The summed E-state index contributed by atoms with van der Waals surface area (Å²) >= 11 is 0. The van der Waals surface area contributed by atoms with Crippen LogP contribution in [0.15, 0.2) is 88.6 Å². The van der Waals surface area contributed by atoms with E-state index in [9.17, 15) is 9.18 Å². The van der Waals surface area contributed by atoms with Gasteiger partial charge in [0.25, 0.3) is 5.56 Å². The van der Waals surface area contributed by atoms with Gasteiger partial charge in [0.1, 0.15) is 11.6 Å². The Labute approximate surface area is 179 Å². The molecule has 3 aromatic carbocycles. The third-order valence-corrected chi connectivity index (χ3v) is 4.84. The van der Waals surface area contributed by atoms with E-state index in [4.69, 9.17) is 4.74 Å². The monoisotopic (exact) mass is 415 g/mol. The molecule has 0 atom stereocenters. The maximum Gasteiger partial charge on any atom is 0.280 e. The lowest BCUT2D eigenvalue weighted by Crippen LogP contribution is -2.19. The average molecular weight is 415 g/mol. The number of benzene rings is 3. The Kier molecular flexibility index (Phi) is 5.80. The minimum atomic E-state index is -0.361.